The first-order valence-corrected chi connectivity index (χ1v) is 8.49. The van der Waals surface area contributed by atoms with Gasteiger partial charge in [0.25, 0.3) is 0 Å². The molecule has 2 aromatic carbocycles. The van der Waals surface area contributed by atoms with Crippen LogP contribution < -0.4 is 5.32 Å². The Bertz CT molecular complexity index is 1160. The number of imide groups is 2. The van der Waals surface area contributed by atoms with Crippen LogP contribution in [0.5, 0.6) is 0 Å². The van der Waals surface area contributed by atoms with Gasteiger partial charge in [-0.1, -0.05) is 24.3 Å². The van der Waals surface area contributed by atoms with Crippen LogP contribution in [-0.4, -0.2) is 46.6 Å². The van der Waals surface area contributed by atoms with E-state index in [0.29, 0.717) is 16.2 Å². The molecular formula is C20H15N3O5. The van der Waals surface area contributed by atoms with Crippen LogP contribution >= 0.6 is 0 Å². The van der Waals surface area contributed by atoms with Crippen molar-refractivity contribution in [3.63, 3.8) is 0 Å². The van der Waals surface area contributed by atoms with Crippen molar-refractivity contribution < 1.29 is 23.6 Å². The van der Waals surface area contributed by atoms with E-state index in [4.69, 9.17) is 4.42 Å². The zero-order valence-electron chi connectivity index (χ0n) is 14.7. The maximum Gasteiger partial charge on any atom is 0.335 e. The summed E-state index contributed by atoms with van der Waals surface area (Å²) in [7, 11) is 0. The van der Waals surface area contributed by atoms with Gasteiger partial charge in [0.05, 0.1) is 0 Å². The van der Waals surface area contributed by atoms with E-state index in [2.05, 4.69) is 11.9 Å². The van der Waals surface area contributed by atoms with E-state index in [1.165, 1.54) is 6.08 Å². The highest BCUT2D eigenvalue weighted by Gasteiger charge is 2.44. The van der Waals surface area contributed by atoms with Gasteiger partial charge in [0.1, 0.15) is 17.7 Å². The standard InChI is InChI=1S/C20H15N3O5/c1-2-9-22-18(25)19(26)23(20(22)27)11-17(24)21-12-7-8-16-14(10-12)13-5-3-4-6-15(13)28-16/h2-8,10H,1,9,11H2,(H,21,24). The lowest BCUT2D eigenvalue weighted by Crippen LogP contribution is -2.39. The molecule has 8 nitrogen and oxygen atoms in total. The summed E-state index contributed by atoms with van der Waals surface area (Å²) in [4.78, 5) is 49.6. The van der Waals surface area contributed by atoms with E-state index < -0.39 is 30.3 Å². The van der Waals surface area contributed by atoms with Crippen LogP contribution in [0.25, 0.3) is 21.9 Å². The van der Waals surface area contributed by atoms with Gasteiger partial charge in [-0.15, -0.1) is 6.58 Å². The molecule has 8 heteroatoms. The van der Waals surface area contributed by atoms with Crippen molar-refractivity contribution in [3.8, 4) is 0 Å². The molecule has 1 saturated heterocycles. The number of nitrogens with one attached hydrogen (secondary N) is 1. The molecule has 28 heavy (non-hydrogen) atoms. The van der Waals surface area contributed by atoms with Crippen LogP contribution in [0, 0.1) is 0 Å². The van der Waals surface area contributed by atoms with Crippen molar-refractivity contribution >= 4 is 51.4 Å². The maximum atomic E-state index is 12.3. The Labute approximate surface area is 159 Å². The Morgan fingerprint density at radius 3 is 2.50 bits per heavy atom. The number of fused-ring (bicyclic) bond motifs is 3. The molecule has 1 aliphatic rings. The fourth-order valence-electron chi connectivity index (χ4n) is 3.13. The summed E-state index contributed by atoms with van der Waals surface area (Å²) in [5.41, 5.74) is 1.89. The van der Waals surface area contributed by atoms with E-state index in [0.717, 1.165) is 21.3 Å². The van der Waals surface area contributed by atoms with Gasteiger partial charge in [-0.05, 0) is 24.3 Å². The number of benzene rings is 2. The Hall–Kier alpha value is -3.94. The lowest BCUT2D eigenvalue weighted by molar-refractivity contribution is -0.143. The number of hydrogen-bond acceptors (Lipinski definition) is 5. The molecule has 1 aromatic heterocycles. The number of nitrogens with zero attached hydrogens (tertiary/aromatic N) is 2. The average Bonchev–Trinajstić information content (AvgIpc) is 3.14. The summed E-state index contributed by atoms with van der Waals surface area (Å²) in [5, 5.41) is 4.38. The van der Waals surface area contributed by atoms with Crippen LogP contribution in [-0.2, 0) is 14.4 Å². The number of carbonyl (C=O) groups is 4. The Kier molecular flexibility index (Phi) is 4.15. The van der Waals surface area contributed by atoms with Crippen molar-refractivity contribution in [3.05, 3.63) is 55.1 Å². The zero-order chi connectivity index (χ0) is 19.8. The summed E-state index contributed by atoms with van der Waals surface area (Å²) in [6.07, 6.45) is 1.33. The third-order valence-electron chi connectivity index (χ3n) is 4.41. The third-order valence-corrected chi connectivity index (χ3v) is 4.41. The highest BCUT2D eigenvalue weighted by atomic mass is 16.3. The topological polar surface area (TPSA) is 99.9 Å². The molecule has 3 aromatic rings. The van der Waals surface area contributed by atoms with E-state index in [1.807, 2.05) is 24.3 Å². The summed E-state index contributed by atoms with van der Waals surface area (Å²) >= 11 is 0. The molecule has 1 N–H and O–H groups in total. The van der Waals surface area contributed by atoms with Gasteiger partial charge in [0.15, 0.2) is 0 Å². The first kappa shape index (κ1) is 17.5. The molecule has 5 amide bonds. The molecule has 0 saturated carbocycles. The number of hydrogen-bond donors (Lipinski definition) is 1. The molecule has 140 valence electrons. The zero-order valence-corrected chi connectivity index (χ0v) is 14.7. The second kappa shape index (κ2) is 6.66. The van der Waals surface area contributed by atoms with Crippen LogP contribution in [0.2, 0.25) is 0 Å². The van der Waals surface area contributed by atoms with Crippen molar-refractivity contribution in [2.24, 2.45) is 0 Å². The second-order valence-electron chi connectivity index (χ2n) is 6.24. The minimum atomic E-state index is -1.03. The van der Waals surface area contributed by atoms with E-state index >= 15 is 0 Å². The molecule has 4 rings (SSSR count). The molecule has 0 unspecified atom stereocenters. The Morgan fingerprint density at radius 1 is 1.00 bits per heavy atom. The lowest BCUT2D eigenvalue weighted by Gasteiger charge is -2.14. The van der Waals surface area contributed by atoms with E-state index in [9.17, 15) is 19.2 Å². The number of carbonyl (C=O) groups excluding carboxylic acids is 4. The Balaban J connectivity index is 1.53. The molecule has 0 spiro atoms. The molecule has 0 atom stereocenters. The van der Waals surface area contributed by atoms with Crippen molar-refractivity contribution in [1.82, 2.24) is 9.80 Å². The fourth-order valence-corrected chi connectivity index (χ4v) is 3.13. The van der Waals surface area contributed by atoms with Crippen molar-refractivity contribution in [1.29, 1.82) is 0 Å². The molecule has 0 aliphatic carbocycles. The molecule has 0 bridgehead atoms. The second-order valence-corrected chi connectivity index (χ2v) is 6.24. The molecule has 0 radical (unpaired) electrons. The number of amides is 5. The quantitative estimate of drug-likeness (QED) is 0.418. The smallest absolute Gasteiger partial charge is 0.335 e. The molecule has 1 fully saturated rings. The van der Waals surface area contributed by atoms with Crippen LogP contribution in [0.3, 0.4) is 0 Å². The van der Waals surface area contributed by atoms with Gasteiger partial charge >= 0.3 is 17.8 Å². The van der Waals surface area contributed by atoms with E-state index in [-0.39, 0.29) is 6.54 Å². The summed E-state index contributed by atoms with van der Waals surface area (Å²) in [5.74, 6) is -2.59. The number of urea groups is 1. The minimum Gasteiger partial charge on any atom is -0.456 e. The van der Waals surface area contributed by atoms with Crippen LogP contribution in [0.1, 0.15) is 0 Å². The first-order chi connectivity index (χ1) is 13.5. The minimum absolute atomic E-state index is 0.0915. The molecule has 1 aliphatic heterocycles. The number of para-hydroxylation sites is 1. The number of anilines is 1. The van der Waals surface area contributed by atoms with Gasteiger partial charge in [-0.2, -0.15) is 0 Å². The first-order valence-electron chi connectivity index (χ1n) is 8.49. The fraction of sp³-hybridized carbons (Fsp3) is 0.100. The van der Waals surface area contributed by atoms with Gasteiger partial charge in [-0.25, -0.2) is 9.69 Å². The summed E-state index contributed by atoms with van der Waals surface area (Å²) < 4.78 is 5.73. The Morgan fingerprint density at radius 2 is 1.71 bits per heavy atom. The molecule has 2 heterocycles. The van der Waals surface area contributed by atoms with Gasteiger partial charge in [0, 0.05) is 23.0 Å². The highest BCUT2D eigenvalue weighted by Crippen LogP contribution is 2.30. The van der Waals surface area contributed by atoms with Crippen LogP contribution in [0.4, 0.5) is 10.5 Å². The summed E-state index contributed by atoms with van der Waals surface area (Å²) in [6, 6.07) is 11.8. The van der Waals surface area contributed by atoms with Crippen LogP contribution in [0.15, 0.2) is 59.5 Å². The van der Waals surface area contributed by atoms with Crippen molar-refractivity contribution in [2.45, 2.75) is 0 Å². The monoisotopic (exact) mass is 377 g/mol. The summed E-state index contributed by atoms with van der Waals surface area (Å²) in [6.45, 7) is 2.79. The third kappa shape index (κ3) is 2.81. The lowest BCUT2D eigenvalue weighted by atomic mass is 10.1. The van der Waals surface area contributed by atoms with Crippen molar-refractivity contribution in [2.75, 3.05) is 18.4 Å². The van der Waals surface area contributed by atoms with Gasteiger partial charge in [-0.3, -0.25) is 19.3 Å². The SMILES string of the molecule is C=CCN1C(=O)C(=O)N(CC(=O)Nc2ccc3oc4ccccc4c3c2)C1=O. The van der Waals surface area contributed by atoms with Gasteiger partial charge < -0.3 is 9.73 Å². The predicted octanol–water partition coefficient (Wildman–Crippen LogP) is 2.50. The maximum absolute atomic E-state index is 12.3. The predicted molar refractivity (Wildman–Crippen MR) is 101 cm³/mol. The van der Waals surface area contributed by atoms with Gasteiger partial charge in [0.2, 0.25) is 5.91 Å². The number of furan rings is 1. The largest absolute Gasteiger partial charge is 0.456 e. The molecular weight excluding hydrogens is 362 g/mol. The normalized spacial score (nSPS) is 14.4. The highest BCUT2D eigenvalue weighted by molar-refractivity contribution is 6.45. The average molecular weight is 377 g/mol. The van der Waals surface area contributed by atoms with E-state index in [1.54, 1.807) is 18.2 Å². The number of rotatable bonds is 5.